The van der Waals surface area contributed by atoms with Gasteiger partial charge in [0.15, 0.2) is 18.2 Å². The van der Waals surface area contributed by atoms with Crippen LogP contribution < -0.4 is 20.1 Å². The van der Waals surface area contributed by atoms with Gasteiger partial charge < -0.3 is 25.2 Å². The molecule has 2 aliphatic rings. The second-order valence-corrected chi connectivity index (χ2v) is 5.51. The van der Waals surface area contributed by atoms with Crippen LogP contribution in [0.5, 0.6) is 11.5 Å². The van der Waals surface area contributed by atoms with Crippen molar-refractivity contribution in [3.63, 3.8) is 0 Å². The third kappa shape index (κ3) is 3.26. The quantitative estimate of drug-likeness (QED) is 0.723. The maximum atomic E-state index is 11.4. The number of amides is 1. The van der Waals surface area contributed by atoms with E-state index in [1.54, 1.807) is 13.2 Å². The van der Waals surface area contributed by atoms with E-state index in [0.717, 1.165) is 0 Å². The van der Waals surface area contributed by atoms with E-state index in [2.05, 4.69) is 10.6 Å². The molecule has 1 fully saturated rings. The van der Waals surface area contributed by atoms with Crippen LogP contribution >= 0.6 is 0 Å². The minimum Gasteiger partial charge on any atom is -0.510 e. The van der Waals surface area contributed by atoms with Crippen LogP contribution in [0.15, 0.2) is 47.9 Å². The number of carbonyl (C=O) groups is 1. The first kappa shape index (κ1) is 15.3. The number of allylic oxidation sites excluding steroid dienone is 1. The monoisotopic (exact) mass is 316 g/mol. The number of benzene rings is 1. The molecule has 122 valence electrons. The first-order chi connectivity index (χ1) is 11.2. The van der Waals surface area contributed by atoms with E-state index in [9.17, 15) is 9.90 Å². The number of ether oxygens (including phenoxy) is 2. The number of piperidine rings is 1. The second-order valence-electron chi connectivity index (χ2n) is 5.51. The highest BCUT2D eigenvalue weighted by Gasteiger charge is 2.33. The summed E-state index contributed by atoms with van der Waals surface area (Å²) in [6.45, 7) is 0.202. The number of methoxy groups -OCH3 is 1. The summed E-state index contributed by atoms with van der Waals surface area (Å²) in [5.74, 6) is 1.50. The van der Waals surface area contributed by atoms with Crippen molar-refractivity contribution in [2.24, 2.45) is 5.92 Å². The van der Waals surface area contributed by atoms with Crippen LogP contribution in [-0.4, -0.2) is 30.9 Å². The van der Waals surface area contributed by atoms with Gasteiger partial charge in [-0.25, -0.2) is 0 Å². The predicted molar refractivity (Wildman–Crippen MR) is 85.1 cm³/mol. The summed E-state index contributed by atoms with van der Waals surface area (Å²) in [5.41, 5.74) is 0.622. The van der Waals surface area contributed by atoms with Gasteiger partial charge >= 0.3 is 0 Å². The van der Waals surface area contributed by atoms with Crippen molar-refractivity contribution in [2.75, 3.05) is 13.8 Å². The molecular weight excluding hydrogens is 296 g/mol. The lowest BCUT2D eigenvalue weighted by atomic mass is 9.85. The fourth-order valence-corrected chi connectivity index (χ4v) is 2.88. The van der Waals surface area contributed by atoms with Gasteiger partial charge in [0.1, 0.15) is 5.76 Å². The molecule has 0 aromatic heterocycles. The Labute approximate surface area is 134 Å². The predicted octanol–water partition coefficient (Wildman–Crippen LogP) is 1.86. The summed E-state index contributed by atoms with van der Waals surface area (Å²) in [7, 11) is 1.59. The number of fused-ring (bicyclic) bond motifs is 1. The Balaban J connectivity index is 1.61. The molecule has 1 aromatic carbocycles. The van der Waals surface area contributed by atoms with Crippen molar-refractivity contribution in [3.8, 4) is 11.5 Å². The molecule has 1 aromatic rings. The van der Waals surface area contributed by atoms with E-state index in [1.165, 1.54) is 0 Å². The Morgan fingerprint density at radius 2 is 2.13 bits per heavy atom. The average molecular weight is 316 g/mol. The number of hydrogen-bond acceptors (Lipinski definition) is 5. The zero-order valence-corrected chi connectivity index (χ0v) is 12.9. The number of aliphatic hydroxyl groups is 1. The van der Waals surface area contributed by atoms with Crippen LogP contribution in [0.25, 0.3) is 0 Å². The molecule has 2 unspecified atom stereocenters. The number of rotatable bonds is 5. The molecular formula is C17H20N2O4. The summed E-state index contributed by atoms with van der Waals surface area (Å²) in [6, 6.07) is 7.25. The third-order valence-corrected chi connectivity index (χ3v) is 4.10. The summed E-state index contributed by atoms with van der Waals surface area (Å²) in [4.78, 5) is 11.4. The topological polar surface area (TPSA) is 79.8 Å². The van der Waals surface area contributed by atoms with Crippen molar-refractivity contribution in [1.29, 1.82) is 0 Å². The molecule has 0 saturated carbocycles. The molecule has 1 amide bonds. The van der Waals surface area contributed by atoms with Crippen molar-refractivity contribution in [2.45, 2.75) is 18.9 Å². The van der Waals surface area contributed by atoms with Gasteiger partial charge in [0, 0.05) is 12.3 Å². The molecule has 2 atom stereocenters. The van der Waals surface area contributed by atoms with Crippen molar-refractivity contribution in [3.05, 3.63) is 47.9 Å². The van der Waals surface area contributed by atoms with Crippen molar-refractivity contribution >= 4 is 5.91 Å². The number of hydrogen-bond donors (Lipinski definition) is 3. The van der Waals surface area contributed by atoms with Crippen molar-refractivity contribution in [1.82, 2.24) is 10.6 Å². The molecule has 1 aliphatic carbocycles. The Kier molecular flexibility index (Phi) is 4.41. The lowest BCUT2D eigenvalue weighted by molar-refractivity contribution is -0.123. The summed E-state index contributed by atoms with van der Waals surface area (Å²) in [5, 5.41) is 16.3. The largest absolute Gasteiger partial charge is 0.510 e. The Morgan fingerprint density at radius 3 is 2.91 bits per heavy atom. The lowest BCUT2D eigenvalue weighted by Crippen LogP contribution is -2.46. The van der Waals surface area contributed by atoms with Gasteiger partial charge in [-0.15, -0.1) is 0 Å². The highest BCUT2D eigenvalue weighted by atomic mass is 16.5. The van der Waals surface area contributed by atoms with Crippen LogP contribution in [0, 0.1) is 5.92 Å². The highest BCUT2D eigenvalue weighted by Crippen LogP contribution is 2.30. The van der Waals surface area contributed by atoms with Gasteiger partial charge in [-0.05, 0) is 24.6 Å². The number of nitrogens with one attached hydrogen (secondary N) is 2. The minimum absolute atomic E-state index is 0.0274. The van der Waals surface area contributed by atoms with Crippen LogP contribution in [-0.2, 0) is 4.79 Å². The molecule has 3 N–H and O–H groups in total. The van der Waals surface area contributed by atoms with Gasteiger partial charge in [-0.2, -0.15) is 0 Å². The first-order valence-corrected chi connectivity index (χ1v) is 7.59. The third-order valence-electron chi connectivity index (χ3n) is 4.10. The van der Waals surface area contributed by atoms with Gasteiger partial charge in [0.25, 0.3) is 0 Å². The standard InChI is InChI=1S/C17H20N2O4/c1-22-14-4-2-3-5-15(14)23-10-18-13-8-7-12-11(17(13)21)6-9-16(20)19-12/h2-5,7-8,11-12,18,21H,6,9-10H2,1H3,(H,19,20). The van der Waals surface area contributed by atoms with Gasteiger partial charge in [-0.3, -0.25) is 4.79 Å². The fourth-order valence-electron chi connectivity index (χ4n) is 2.88. The lowest BCUT2D eigenvalue weighted by Gasteiger charge is -2.33. The SMILES string of the molecule is COc1ccccc1OCNC1=C(O)C2CCC(=O)NC2C=C1. The van der Waals surface area contributed by atoms with E-state index in [4.69, 9.17) is 9.47 Å². The number of para-hydroxylation sites is 2. The molecule has 1 saturated heterocycles. The smallest absolute Gasteiger partial charge is 0.220 e. The van der Waals surface area contributed by atoms with Crippen LogP contribution in [0.4, 0.5) is 0 Å². The van der Waals surface area contributed by atoms with Gasteiger partial charge in [-0.1, -0.05) is 18.2 Å². The zero-order valence-electron chi connectivity index (χ0n) is 12.9. The second kappa shape index (κ2) is 6.64. The molecule has 1 aliphatic heterocycles. The van der Waals surface area contributed by atoms with Gasteiger partial charge in [0.05, 0.1) is 18.8 Å². The summed E-state index contributed by atoms with van der Waals surface area (Å²) >= 11 is 0. The van der Waals surface area contributed by atoms with E-state index >= 15 is 0 Å². The van der Waals surface area contributed by atoms with Gasteiger partial charge in [0.2, 0.25) is 5.91 Å². The summed E-state index contributed by atoms with van der Waals surface area (Å²) in [6.07, 6.45) is 4.75. The molecule has 1 heterocycles. The normalized spacial score (nSPS) is 23.1. The highest BCUT2D eigenvalue weighted by molar-refractivity contribution is 5.77. The maximum Gasteiger partial charge on any atom is 0.220 e. The molecule has 0 radical (unpaired) electrons. The number of carbonyl (C=O) groups excluding carboxylic acids is 1. The Bertz CT molecular complexity index is 654. The molecule has 6 nitrogen and oxygen atoms in total. The van der Waals surface area contributed by atoms with E-state index in [1.807, 2.05) is 30.3 Å². The molecule has 3 rings (SSSR count). The average Bonchev–Trinajstić information content (AvgIpc) is 2.57. The van der Waals surface area contributed by atoms with Crippen LogP contribution in [0.1, 0.15) is 12.8 Å². The van der Waals surface area contributed by atoms with E-state index in [0.29, 0.717) is 30.0 Å². The van der Waals surface area contributed by atoms with Crippen molar-refractivity contribution < 1.29 is 19.4 Å². The molecule has 6 heteroatoms. The Morgan fingerprint density at radius 1 is 1.35 bits per heavy atom. The molecule has 0 spiro atoms. The molecule has 23 heavy (non-hydrogen) atoms. The zero-order chi connectivity index (χ0) is 16.2. The fraction of sp³-hybridized carbons (Fsp3) is 0.353. The summed E-state index contributed by atoms with van der Waals surface area (Å²) < 4.78 is 10.9. The van der Waals surface area contributed by atoms with E-state index in [-0.39, 0.29) is 30.4 Å². The van der Waals surface area contributed by atoms with E-state index < -0.39 is 0 Å². The minimum atomic E-state index is -0.128. The van der Waals surface area contributed by atoms with Crippen LogP contribution in [0.3, 0.4) is 0 Å². The maximum absolute atomic E-state index is 11.4. The van der Waals surface area contributed by atoms with Crippen LogP contribution in [0.2, 0.25) is 0 Å². The number of aliphatic hydroxyl groups excluding tert-OH is 1. The Hall–Kier alpha value is -2.63. The first-order valence-electron chi connectivity index (χ1n) is 7.59. The molecule has 0 bridgehead atoms.